The molecule has 0 unspecified atom stereocenters. The summed E-state index contributed by atoms with van der Waals surface area (Å²) in [6.45, 7) is 0.116. The third kappa shape index (κ3) is 3.21. The van der Waals surface area contributed by atoms with Crippen LogP contribution in [0.2, 0.25) is 10.0 Å². The lowest BCUT2D eigenvalue weighted by Gasteiger charge is -2.15. The SMILES string of the molecule is CS(=O)(=O)CC1(Cn2[nH]c(=O)c(Cl)c(Cl)c2=O)CC1. The van der Waals surface area contributed by atoms with E-state index >= 15 is 0 Å². The van der Waals surface area contributed by atoms with E-state index in [-0.39, 0.29) is 22.3 Å². The van der Waals surface area contributed by atoms with Gasteiger partial charge in [-0.05, 0) is 12.8 Å². The summed E-state index contributed by atoms with van der Waals surface area (Å²) in [7, 11) is -3.15. The lowest BCUT2D eigenvalue weighted by Crippen LogP contribution is -2.35. The molecule has 1 fully saturated rings. The van der Waals surface area contributed by atoms with Gasteiger partial charge >= 0.3 is 0 Å². The lowest BCUT2D eigenvalue weighted by atomic mass is 10.1. The zero-order valence-corrected chi connectivity index (χ0v) is 12.4. The summed E-state index contributed by atoms with van der Waals surface area (Å²) in [5.74, 6) is -0.0191. The number of rotatable bonds is 4. The van der Waals surface area contributed by atoms with E-state index in [4.69, 9.17) is 23.2 Å². The Morgan fingerprint density at radius 1 is 1.26 bits per heavy atom. The summed E-state index contributed by atoms with van der Waals surface area (Å²) in [5, 5.41) is 1.61. The average Bonchev–Trinajstić information content (AvgIpc) is 3.00. The van der Waals surface area contributed by atoms with Gasteiger partial charge in [0.25, 0.3) is 11.1 Å². The standard InChI is InChI=1S/C10H12Cl2N2O4S/c1-19(17,18)5-10(2-3-10)4-14-9(16)7(12)6(11)8(15)13-14/h2-5H2,1H3,(H,13,15). The number of hydrogen-bond acceptors (Lipinski definition) is 4. The van der Waals surface area contributed by atoms with Gasteiger partial charge in [0.15, 0.2) is 0 Å². The minimum atomic E-state index is -3.15. The van der Waals surface area contributed by atoms with Gasteiger partial charge in [0.1, 0.15) is 19.9 Å². The normalized spacial score (nSPS) is 17.4. The molecule has 0 aliphatic heterocycles. The van der Waals surface area contributed by atoms with E-state index in [1.807, 2.05) is 0 Å². The Hall–Kier alpha value is -0.790. The molecule has 2 rings (SSSR count). The molecule has 0 spiro atoms. The van der Waals surface area contributed by atoms with Crippen molar-refractivity contribution in [2.75, 3.05) is 12.0 Å². The Balaban J connectivity index is 2.36. The number of aromatic amines is 1. The Morgan fingerprint density at radius 2 is 1.84 bits per heavy atom. The highest BCUT2D eigenvalue weighted by molar-refractivity contribution is 7.90. The number of nitrogens with one attached hydrogen (secondary N) is 1. The van der Waals surface area contributed by atoms with Crippen molar-refractivity contribution in [2.45, 2.75) is 19.4 Å². The number of aromatic nitrogens is 2. The highest BCUT2D eigenvalue weighted by Gasteiger charge is 2.46. The number of nitrogens with zero attached hydrogens (tertiary/aromatic N) is 1. The molecule has 0 bridgehead atoms. The molecule has 1 aromatic rings. The molecule has 1 N–H and O–H groups in total. The molecular weight excluding hydrogens is 315 g/mol. The summed E-state index contributed by atoms with van der Waals surface area (Å²) < 4.78 is 23.7. The Kier molecular flexibility index (Phi) is 3.57. The first-order valence-electron chi connectivity index (χ1n) is 5.49. The minimum Gasteiger partial charge on any atom is -0.266 e. The maximum atomic E-state index is 11.8. The van der Waals surface area contributed by atoms with Crippen molar-refractivity contribution in [1.82, 2.24) is 9.78 Å². The number of hydrogen-bond donors (Lipinski definition) is 1. The van der Waals surface area contributed by atoms with E-state index in [1.54, 1.807) is 0 Å². The number of sulfone groups is 1. The van der Waals surface area contributed by atoms with Gasteiger partial charge in [-0.1, -0.05) is 23.2 Å². The predicted octanol–water partition coefficient (Wildman–Crippen LogP) is 0.668. The highest BCUT2D eigenvalue weighted by atomic mass is 35.5. The van der Waals surface area contributed by atoms with E-state index in [2.05, 4.69) is 5.10 Å². The van der Waals surface area contributed by atoms with Gasteiger partial charge in [-0.2, -0.15) is 0 Å². The fraction of sp³-hybridized carbons (Fsp3) is 0.600. The lowest BCUT2D eigenvalue weighted by molar-refractivity contribution is 0.413. The van der Waals surface area contributed by atoms with Gasteiger partial charge in [-0.3, -0.25) is 14.7 Å². The molecule has 1 heterocycles. The van der Waals surface area contributed by atoms with Crippen LogP contribution < -0.4 is 11.1 Å². The summed E-state index contributed by atoms with van der Waals surface area (Å²) in [6.07, 6.45) is 2.52. The van der Waals surface area contributed by atoms with Crippen LogP contribution in [0.3, 0.4) is 0 Å². The molecule has 0 amide bonds. The fourth-order valence-electron chi connectivity index (χ4n) is 2.06. The second-order valence-corrected chi connectivity index (χ2v) is 7.93. The molecule has 6 nitrogen and oxygen atoms in total. The quantitative estimate of drug-likeness (QED) is 0.880. The van der Waals surface area contributed by atoms with Crippen molar-refractivity contribution in [1.29, 1.82) is 0 Å². The Labute approximate surface area is 119 Å². The van der Waals surface area contributed by atoms with Crippen LogP contribution in [0.25, 0.3) is 0 Å². The van der Waals surface area contributed by atoms with Crippen molar-refractivity contribution in [3.63, 3.8) is 0 Å². The molecule has 0 atom stereocenters. The first-order chi connectivity index (χ1) is 8.64. The molecule has 1 aliphatic rings. The average molecular weight is 327 g/mol. The molecule has 106 valence electrons. The van der Waals surface area contributed by atoms with Crippen LogP contribution in [-0.2, 0) is 16.4 Å². The third-order valence-corrected chi connectivity index (χ3v) is 5.03. The van der Waals surface area contributed by atoms with Gasteiger partial charge in [0.2, 0.25) is 0 Å². The summed E-state index contributed by atoms with van der Waals surface area (Å²) in [4.78, 5) is 23.3. The van der Waals surface area contributed by atoms with Crippen LogP contribution in [0.1, 0.15) is 12.8 Å². The highest BCUT2D eigenvalue weighted by Crippen LogP contribution is 2.47. The summed E-state index contributed by atoms with van der Waals surface area (Å²) in [6, 6.07) is 0. The number of halogens is 2. The van der Waals surface area contributed by atoms with Crippen molar-refractivity contribution < 1.29 is 8.42 Å². The zero-order valence-electron chi connectivity index (χ0n) is 10.1. The van der Waals surface area contributed by atoms with Gasteiger partial charge in [-0.15, -0.1) is 0 Å². The Bertz CT molecular complexity index is 731. The van der Waals surface area contributed by atoms with E-state index < -0.39 is 26.4 Å². The van der Waals surface area contributed by atoms with Crippen molar-refractivity contribution in [2.24, 2.45) is 5.41 Å². The fourth-order valence-corrected chi connectivity index (χ4v) is 3.87. The van der Waals surface area contributed by atoms with Crippen molar-refractivity contribution in [3.8, 4) is 0 Å². The zero-order chi connectivity index (χ0) is 14.4. The van der Waals surface area contributed by atoms with Gasteiger partial charge in [0.05, 0.1) is 5.75 Å². The van der Waals surface area contributed by atoms with Crippen LogP contribution in [-0.4, -0.2) is 30.2 Å². The van der Waals surface area contributed by atoms with Crippen molar-refractivity contribution >= 4 is 33.0 Å². The minimum absolute atomic E-state index is 0.0191. The number of H-pyrrole nitrogens is 1. The maximum absolute atomic E-state index is 11.8. The second-order valence-electron chi connectivity index (χ2n) is 5.03. The second kappa shape index (κ2) is 4.64. The predicted molar refractivity (Wildman–Crippen MR) is 72.7 cm³/mol. The van der Waals surface area contributed by atoms with Crippen molar-refractivity contribution in [3.05, 3.63) is 30.8 Å². The molecule has 0 aromatic carbocycles. The monoisotopic (exact) mass is 326 g/mol. The van der Waals surface area contributed by atoms with E-state index in [0.717, 1.165) is 10.9 Å². The van der Waals surface area contributed by atoms with Crippen LogP contribution in [0, 0.1) is 5.41 Å². The summed E-state index contributed by atoms with van der Waals surface area (Å²) >= 11 is 11.2. The maximum Gasteiger partial charge on any atom is 0.285 e. The molecule has 1 aromatic heterocycles. The van der Waals surface area contributed by atoms with E-state index in [9.17, 15) is 18.0 Å². The molecule has 1 aliphatic carbocycles. The van der Waals surface area contributed by atoms with Crippen LogP contribution in [0.5, 0.6) is 0 Å². The summed E-state index contributed by atoms with van der Waals surface area (Å²) in [5.41, 5.74) is -1.77. The molecule has 19 heavy (non-hydrogen) atoms. The van der Waals surface area contributed by atoms with E-state index in [0.29, 0.717) is 12.8 Å². The molecule has 1 saturated carbocycles. The van der Waals surface area contributed by atoms with Gasteiger partial charge in [0, 0.05) is 18.2 Å². The molecule has 0 saturated heterocycles. The molecular formula is C10H12Cl2N2O4S. The Morgan fingerprint density at radius 3 is 2.32 bits per heavy atom. The topological polar surface area (TPSA) is 89.0 Å². The van der Waals surface area contributed by atoms with Gasteiger partial charge < -0.3 is 0 Å². The van der Waals surface area contributed by atoms with Crippen LogP contribution in [0.15, 0.2) is 9.59 Å². The molecule has 9 heteroatoms. The third-order valence-electron chi connectivity index (χ3n) is 3.08. The van der Waals surface area contributed by atoms with Gasteiger partial charge in [-0.25, -0.2) is 13.1 Å². The first kappa shape index (κ1) is 14.6. The van der Waals surface area contributed by atoms with Crippen LogP contribution >= 0.6 is 23.2 Å². The van der Waals surface area contributed by atoms with Crippen LogP contribution in [0.4, 0.5) is 0 Å². The molecule has 0 radical (unpaired) electrons. The largest absolute Gasteiger partial charge is 0.285 e. The first-order valence-corrected chi connectivity index (χ1v) is 8.31. The smallest absolute Gasteiger partial charge is 0.266 e. The van der Waals surface area contributed by atoms with E-state index in [1.165, 1.54) is 0 Å².